The first-order valence-electron chi connectivity index (χ1n) is 6.26. The van der Waals surface area contributed by atoms with E-state index in [-0.39, 0.29) is 5.54 Å². The van der Waals surface area contributed by atoms with E-state index in [2.05, 4.69) is 62.8 Å². The van der Waals surface area contributed by atoms with Crippen LogP contribution in [0.1, 0.15) is 31.9 Å². The van der Waals surface area contributed by atoms with E-state index in [4.69, 9.17) is 0 Å². The topological polar surface area (TPSA) is 24.4 Å². The van der Waals surface area contributed by atoms with Crippen molar-refractivity contribution in [1.29, 1.82) is 0 Å². The number of anilines is 1. The van der Waals surface area contributed by atoms with Gasteiger partial charge in [0, 0.05) is 10.6 Å². The molecule has 18 heavy (non-hydrogen) atoms. The first kappa shape index (κ1) is 13.2. The molecule has 2 rings (SSSR count). The summed E-state index contributed by atoms with van der Waals surface area (Å²) in [7, 11) is 0. The molecule has 3 heteroatoms. The van der Waals surface area contributed by atoms with Crippen molar-refractivity contribution in [1.82, 2.24) is 0 Å². The zero-order chi connectivity index (χ0) is 13.3. The van der Waals surface area contributed by atoms with Crippen molar-refractivity contribution in [2.45, 2.75) is 39.7 Å². The third kappa shape index (κ3) is 2.46. The molecule has 1 aromatic rings. The van der Waals surface area contributed by atoms with E-state index in [1.54, 1.807) is 11.8 Å². The highest BCUT2D eigenvalue weighted by molar-refractivity contribution is 8.17. The van der Waals surface area contributed by atoms with Crippen LogP contribution in [0.15, 0.2) is 34.7 Å². The van der Waals surface area contributed by atoms with Crippen LogP contribution in [0.5, 0.6) is 0 Å². The van der Waals surface area contributed by atoms with E-state index in [1.807, 2.05) is 0 Å². The molecular weight excluding hydrogens is 240 g/mol. The van der Waals surface area contributed by atoms with Gasteiger partial charge in [-0.15, -0.1) is 0 Å². The van der Waals surface area contributed by atoms with E-state index < -0.39 is 0 Å². The van der Waals surface area contributed by atoms with Gasteiger partial charge in [-0.1, -0.05) is 43.5 Å². The van der Waals surface area contributed by atoms with Crippen LogP contribution < -0.4 is 5.32 Å². The average Bonchev–Trinajstić information content (AvgIpc) is 2.55. The Hall–Kier alpha value is -1.22. The van der Waals surface area contributed by atoms with Gasteiger partial charge >= 0.3 is 0 Å². The van der Waals surface area contributed by atoms with Crippen LogP contribution in [-0.4, -0.2) is 10.7 Å². The highest BCUT2D eigenvalue weighted by Gasteiger charge is 2.30. The highest BCUT2D eigenvalue weighted by Crippen LogP contribution is 2.38. The molecule has 2 nitrogen and oxygen atoms in total. The molecule has 1 aliphatic rings. The molecular formula is C15H20N2S. The molecule has 0 aromatic heterocycles. The monoisotopic (exact) mass is 260 g/mol. The molecule has 0 amide bonds. The second-order valence-corrected chi connectivity index (χ2v) is 6.17. The fraction of sp³-hybridized carbons (Fsp3) is 0.400. The van der Waals surface area contributed by atoms with E-state index in [0.717, 1.165) is 16.5 Å². The number of thioether (sulfide) groups is 1. The van der Waals surface area contributed by atoms with Crippen molar-refractivity contribution in [3.05, 3.63) is 40.8 Å². The molecule has 0 saturated heterocycles. The van der Waals surface area contributed by atoms with Gasteiger partial charge in [0.15, 0.2) is 5.17 Å². The standard InChI is InChI=1S/C15H20N2S/c1-6-12-9-7-8-10(2)13(12)16-14-17-15(4,5)11(3)18-14/h7-9H,3,6H2,1-2,4-5H3,(H,16,17). The average molecular weight is 260 g/mol. The van der Waals surface area contributed by atoms with Crippen LogP contribution in [0.2, 0.25) is 0 Å². The highest BCUT2D eigenvalue weighted by atomic mass is 32.2. The normalized spacial score (nSPS) is 17.8. The third-order valence-corrected chi connectivity index (χ3v) is 4.39. The number of para-hydroxylation sites is 1. The van der Waals surface area contributed by atoms with Crippen molar-refractivity contribution in [3.8, 4) is 0 Å². The number of hydrogen-bond acceptors (Lipinski definition) is 3. The van der Waals surface area contributed by atoms with Crippen LogP contribution in [0.25, 0.3) is 0 Å². The van der Waals surface area contributed by atoms with Crippen LogP contribution in [-0.2, 0) is 6.42 Å². The number of aliphatic imine (C=N–C) groups is 1. The zero-order valence-corrected chi connectivity index (χ0v) is 12.3. The number of nitrogens with one attached hydrogen (secondary N) is 1. The first-order valence-corrected chi connectivity index (χ1v) is 7.08. The minimum atomic E-state index is -0.165. The summed E-state index contributed by atoms with van der Waals surface area (Å²) in [6, 6.07) is 6.39. The van der Waals surface area contributed by atoms with Crippen molar-refractivity contribution in [2.75, 3.05) is 5.32 Å². The fourth-order valence-corrected chi connectivity index (χ4v) is 2.90. The summed E-state index contributed by atoms with van der Waals surface area (Å²) >= 11 is 1.64. The number of nitrogens with zero attached hydrogens (tertiary/aromatic N) is 1. The summed E-state index contributed by atoms with van der Waals surface area (Å²) in [6.45, 7) is 12.6. The Balaban J connectivity index is 2.29. The maximum Gasteiger partial charge on any atom is 0.166 e. The molecule has 1 aromatic carbocycles. The molecule has 0 bridgehead atoms. The molecule has 0 fully saturated rings. The Morgan fingerprint density at radius 1 is 1.39 bits per heavy atom. The predicted molar refractivity (Wildman–Crippen MR) is 82.4 cm³/mol. The number of rotatable bonds is 2. The molecule has 0 radical (unpaired) electrons. The number of aryl methyl sites for hydroxylation is 2. The number of hydrogen-bond donors (Lipinski definition) is 1. The van der Waals surface area contributed by atoms with E-state index in [1.165, 1.54) is 16.8 Å². The molecule has 0 saturated carbocycles. The fourth-order valence-electron chi connectivity index (χ4n) is 1.94. The summed E-state index contributed by atoms with van der Waals surface area (Å²) in [4.78, 5) is 5.78. The Morgan fingerprint density at radius 3 is 2.67 bits per heavy atom. The van der Waals surface area contributed by atoms with Crippen molar-refractivity contribution >= 4 is 22.6 Å². The Kier molecular flexibility index (Phi) is 3.53. The van der Waals surface area contributed by atoms with Crippen LogP contribution in [0.4, 0.5) is 5.69 Å². The molecule has 0 atom stereocenters. The molecule has 96 valence electrons. The van der Waals surface area contributed by atoms with Gasteiger partial charge in [-0.25, -0.2) is 0 Å². The Bertz CT molecular complexity index is 515. The quantitative estimate of drug-likeness (QED) is 0.854. The van der Waals surface area contributed by atoms with Crippen molar-refractivity contribution in [2.24, 2.45) is 4.99 Å². The second kappa shape index (κ2) is 4.81. The summed E-state index contributed by atoms with van der Waals surface area (Å²) in [5.41, 5.74) is 3.61. The largest absolute Gasteiger partial charge is 0.334 e. The van der Waals surface area contributed by atoms with Crippen molar-refractivity contribution < 1.29 is 0 Å². The summed E-state index contributed by atoms with van der Waals surface area (Å²) < 4.78 is 0. The Morgan fingerprint density at radius 2 is 2.11 bits per heavy atom. The lowest BCUT2D eigenvalue weighted by atomic mass is 10.1. The molecule has 0 aliphatic carbocycles. The van der Waals surface area contributed by atoms with Gasteiger partial charge in [0.05, 0.1) is 5.54 Å². The van der Waals surface area contributed by atoms with Crippen LogP contribution in [0.3, 0.4) is 0 Å². The molecule has 0 spiro atoms. The number of amidine groups is 1. The summed E-state index contributed by atoms with van der Waals surface area (Å²) in [5.74, 6) is 0. The molecule has 0 unspecified atom stereocenters. The van der Waals surface area contributed by atoms with Gasteiger partial charge in [0.25, 0.3) is 0 Å². The van der Waals surface area contributed by atoms with Gasteiger partial charge in [0.2, 0.25) is 0 Å². The zero-order valence-electron chi connectivity index (χ0n) is 11.5. The lowest BCUT2D eigenvalue weighted by Gasteiger charge is -2.13. The van der Waals surface area contributed by atoms with E-state index in [0.29, 0.717) is 0 Å². The maximum absolute atomic E-state index is 4.68. The Labute approximate surface area is 114 Å². The lowest BCUT2D eigenvalue weighted by Crippen LogP contribution is -2.14. The maximum atomic E-state index is 4.68. The van der Waals surface area contributed by atoms with Gasteiger partial charge in [-0.05, 0) is 38.3 Å². The molecule has 1 heterocycles. The SMILES string of the molecule is C=C1SC(Nc2c(C)cccc2CC)=NC1(C)C. The first-order chi connectivity index (χ1) is 8.44. The van der Waals surface area contributed by atoms with Crippen LogP contribution >= 0.6 is 11.8 Å². The minimum absolute atomic E-state index is 0.165. The number of benzene rings is 1. The predicted octanol–water partition coefficient (Wildman–Crippen LogP) is 4.36. The van der Waals surface area contributed by atoms with Crippen LogP contribution in [0, 0.1) is 6.92 Å². The smallest absolute Gasteiger partial charge is 0.166 e. The summed E-state index contributed by atoms with van der Waals surface area (Å²) in [5, 5.41) is 4.42. The van der Waals surface area contributed by atoms with E-state index in [9.17, 15) is 0 Å². The van der Waals surface area contributed by atoms with Gasteiger partial charge < -0.3 is 5.32 Å². The minimum Gasteiger partial charge on any atom is -0.334 e. The van der Waals surface area contributed by atoms with Gasteiger partial charge in [-0.2, -0.15) is 0 Å². The van der Waals surface area contributed by atoms with E-state index >= 15 is 0 Å². The lowest BCUT2D eigenvalue weighted by molar-refractivity contribution is 0.657. The second-order valence-electron chi connectivity index (χ2n) is 5.09. The van der Waals surface area contributed by atoms with Crippen molar-refractivity contribution in [3.63, 3.8) is 0 Å². The van der Waals surface area contributed by atoms with Gasteiger partial charge in [-0.3, -0.25) is 4.99 Å². The molecule has 1 aliphatic heterocycles. The third-order valence-electron chi connectivity index (χ3n) is 3.26. The summed E-state index contributed by atoms with van der Waals surface area (Å²) in [6.07, 6.45) is 1.02. The van der Waals surface area contributed by atoms with Gasteiger partial charge in [0.1, 0.15) is 0 Å². The molecule has 1 N–H and O–H groups in total.